The maximum Gasteiger partial charge on any atom is 0.270 e. The number of carbonyl (C=O) groups excluding carboxylic acids is 1. The van der Waals surface area contributed by atoms with Crippen molar-refractivity contribution in [1.82, 2.24) is 15.4 Å². The molecule has 0 spiro atoms. The van der Waals surface area contributed by atoms with Gasteiger partial charge in [0.25, 0.3) is 5.56 Å². The summed E-state index contributed by atoms with van der Waals surface area (Å²) in [5.41, 5.74) is 4.43. The van der Waals surface area contributed by atoms with Crippen LogP contribution in [0.25, 0.3) is 21.8 Å². The van der Waals surface area contributed by atoms with E-state index in [4.69, 9.17) is 14.9 Å². The molecule has 0 saturated carbocycles. The van der Waals surface area contributed by atoms with Gasteiger partial charge in [0.15, 0.2) is 0 Å². The van der Waals surface area contributed by atoms with E-state index in [1.165, 1.54) is 0 Å². The minimum absolute atomic E-state index is 0.188. The average Bonchev–Trinajstić information content (AvgIpc) is 2.86. The number of benzene rings is 3. The molecule has 0 aliphatic rings. The zero-order chi connectivity index (χ0) is 23.8. The van der Waals surface area contributed by atoms with Crippen LogP contribution >= 0.6 is 0 Å². The van der Waals surface area contributed by atoms with Gasteiger partial charge < -0.3 is 9.72 Å². The van der Waals surface area contributed by atoms with Gasteiger partial charge in [-0.2, -0.15) is 0 Å². The number of rotatable bonds is 11. The van der Waals surface area contributed by atoms with Crippen molar-refractivity contribution in [3.05, 3.63) is 82.3 Å². The third-order valence-corrected chi connectivity index (χ3v) is 5.88. The Hall–Kier alpha value is -3.71. The van der Waals surface area contributed by atoms with Crippen LogP contribution in [0.5, 0.6) is 5.75 Å². The van der Waals surface area contributed by atoms with Crippen LogP contribution < -0.4 is 15.8 Å². The number of nitrogens with one attached hydrogen (secondary N) is 2. The van der Waals surface area contributed by atoms with E-state index in [2.05, 4.69) is 4.98 Å². The largest absolute Gasteiger partial charge is 0.493 e. The van der Waals surface area contributed by atoms with Crippen molar-refractivity contribution in [2.24, 2.45) is 0 Å². The number of nitrogens with zero attached hydrogens (tertiary/aromatic N) is 1. The summed E-state index contributed by atoms with van der Waals surface area (Å²) in [5, 5.41) is 10.4. The van der Waals surface area contributed by atoms with E-state index in [0.717, 1.165) is 59.7 Å². The molecule has 7 heteroatoms. The third-order valence-electron chi connectivity index (χ3n) is 5.88. The summed E-state index contributed by atoms with van der Waals surface area (Å²) in [6.07, 6.45) is 5.40. The lowest BCUT2D eigenvalue weighted by Crippen LogP contribution is -2.17. The van der Waals surface area contributed by atoms with Crippen LogP contribution in [0.4, 0.5) is 0 Å². The summed E-state index contributed by atoms with van der Waals surface area (Å²) in [6.45, 7) is 0.566. The lowest BCUT2D eigenvalue weighted by Gasteiger charge is -2.12. The Labute approximate surface area is 197 Å². The molecule has 3 aromatic carbocycles. The molecule has 0 aliphatic carbocycles. The highest BCUT2D eigenvalue weighted by Gasteiger charge is 2.12. The van der Waals surface area contributed by atoms with Gasteiger partial charge in [0.05, 0.1) is 17.6 Å². The van der Waals surface area contributed by atoms with E-state index in [1.54, 1.807) is 5.48 Å². The second-order valence-electron chi connectivity index (χ2n) is 8.39. The molecule has 1 heterocycles. The van der Waals surface area contributed by atoms with E-state index >= 15 is 0 Å². The fraction of sp³-hybridized carbons (Fsp3) is 0.296. The summed E-state index contributed by atoms with van der Waals surface area (Å²) in [7, 11) is 0. The van der Waals surface area contributed by atoms with Gasteiger partial charge >= 0.3 is 0 Å². The van der Waals surface area contributed by atoms with Crippen LogP contribution in [-0.4, -0.2) is 27.7 Å². The number of ether oxygens (including phenoxy) is 1. The Bertz CT molecular complexity index is 1320. The lowest BCUT2D eigenvalue weighted by molar-refractivity contribution is -0.129. The molecule has 0 fully saturated rings. The second kappa shape index (κ2) is 11.4. The Balaban J connectivity index is 1.46. The SMILES string of the molecule is O=C(CCCCCCCOc1cc2[nH]c(=O)c(Cc3ccccc3)nc2c2ccccc12)NO. The lowest BCUT2D eigenvalue weighted by atomic mass is 10.1. The van der Waals surface area contributed by atoms with Crippen molar-refractivity contribution in [3.8, 4) is 5.75 Å². The molecule has 4 aromatic rings. The van der Waals surface area contributed by atoms with Gasteiger partial charge in [0.1, 0.15) is 11.4 Å². The Morgan fingerprint density at radius 1 is 0.941 bits per heavy atom. The van der Waals surface area contributed by atoms with E-state index in [-0.39, 0.29) is 11.5 Å². The van der Waals surface area contributed by atoms with Crippen LogP contribution in [0.15, 0.2) is 65.5 Å². The van der Waals surface area contributed by atoms with E-state index in [0.29, 0.717) is 30.7 Å². The summed E-state index contributed by atoms with van der Waals surface area (Å²) < 4.78 is 6.11. The molecule has 0 aliphatic heterocycles. The first-order chi connectivity index (χ1) is 16.7. The number of amides is 1. The molecule has 0 saturated heterocycles. The fourth-order valence-corrected chi connectivity index (χ4v) is 4.11. The number of unbranched alkanes of at least 4 members (excludes halogenated alkanes) is 4. The zero-order valence-electron chi connectivity index (χ0n) is 19.0. The molecule has 0 unspecified atom stereocenters. The number of hydroxylamine groups is 1. The van der Waals surface area contributed by atoms with Crippen molar-refractivity contribution in [2.45, 2.75) is 44.9 Å². The number of hydrogen-bond acceptors (Lipinski definition) is 5. The van der Waals surface area contributed by atoms with Crippen LogP contribution in [0, 0.1) is 0 Å². The van der Waals surface area contributed by atoms with Gasteiger partial charge in [-0.05, 0) is 18.4 Å². The van der Waals surface area contributed by atoms with Crippen LogP contribution in [0.1, 0.15) is 49.8 Å². The minimum atomic E-state index is -0.341. The van der Waals surface area contributed by atoms with Crippen LogP contribution in [-0.2, 0) is 11.2 Å². The summed E-state index contributed by atoms with van der Waals surface area (Å²) in [4.78, 5) is 31.5. The molecular formula is C27H29N3O4. The quantitative estimate of drug-likeness (QED) is 0.128. The van der Waals surface area contributed by atoms with Gasteiger partial charge in [-0.25, -0.2) is 10.5 Å². The van der Waals surface area contributed by atoms with Crippen molar-refractivity contribution in [2.75, 3.05) is 6.61 Å². The first kappa shape index (κ1) is 23.4. The van der Waals surface area contributed by atoms with Gasteiger partial charge in [-0.15, -0.1) is 0 Å². The number of aromatic amines is 1. The predicted molar refractivity (Wildman–Crippen MR) is 132 cm³/mol. The monoisotopic (exact) mass is 459 g/mol. The summed E-state index contributed by atoms with van der Waals surface area (Å²) in [5.74, 6) is 0.391. The summed E-state index contributed by atoms with van der Waals surface area (Å²) >= 11 is 0. The molecule has 1 aromatic heterocycles. The molecule has 176 valence electrons. The maximum absolute atomic E-state index is 12.7. The van der Waals surface area contributed by atoms with Gasteiger partial charge in [0, 0.05) is 29.7 Å². The number of hydrogen-bond donors (Lipinski definition) is 3. The first-order valence-electron chi connectivity index (χ1n) is 11.7. The molecule has 1 amide bonds. The van der Waals surface area contributed by atoms with Crippen LogP contribution in [0.3, 0.4) is 0 Å². The molecule has 0 radical (unpaired) electrons. The fourth-order valence-electron chi connectivity index (χ4n) is 4.11. The Kier molecular flexibility index (Phi) is 7.88. The van der Waals surface area contributed by atoms with E-state index < -0.39 is 0 Å². The van der Waals surface area contributed by atoms with Crippen molar-refractivity contribution in [3.63, 3.8) is 0 Å². The van der Waals surface area contributed by atoms with Crippen molar-refractivity contribution in [1.29, 1.82) is 0 Å². The predicted octanol–water partition coefficient (Wildman–Crippen LogP) is 4.89. The highest BCUT2D eigenvalue weighted by molar-refractivity contribution is 6.07. The van der Waals surface area contributed by atoms with E-state index in [9.17, 15) is 9.59 Å². The third kappa shape index (κ3) is 5.80. The molecular weight excluding hydrogens is 430 g/mol. The standard InChI is InChI=1S/C27H29N3O4/c31-25(30-33)15-7-2-1-3-10-16-34-24-18-22-26(21-14-9-8-13-20(21)24)28-23(27(32)29-22)17-19-11-5-4-6-12-19/h4-6,8-9,11-14,18,33H,1-3,7,10,15-17H2,(H,29,32)(H,30,31). The Morgan fingerprint density at radius 3 is 2.44 bits per heavy atom. The Morgan fingerprint density at radius 2 is 1.65 bits per heavy atom. The normalized spacial score (nSPS) is 11.1. The average molecular weight is 460 g/mol. The molecule has 3 N–H and O–H groups in total. The molecule has 4 rings (SSSR count). The molecule has 0 atom stereocenters. The number of carbonyl (C=O) groups is 1. The van der Waals surface area contributed by atoms with Crippen LogP contribution in [0.2, 0.25) is 0 Å². The number of H-pyrrole nitrogens is 1. The number of fused-ring (bicyclic) bond motifs is 3. The smallest absolute Gasteiger partial charge is 0.270 e. The minimum Gasteiger partial charge on any atom is -0.493 e. The molecule has 7 nitrogen and oxygen atoms in total. The highest BCUT2D eigenvalue weighted by Crippen LogP contribution is 2.31. The first-order valence-corrected chi connectivity index (χ1v) is 11.7. The van der Waals surface area contributed by atoms with Gasteiger partial charge in [-0.3, -0.25) is 14.8 Å². The van der Waals surface area contributed by atoms with E-state index in [1.807, 2.05) is 60.7 Å². The molecule has 34 heavy (non-hydrogen) atoms. The second-order valence-corrected chi connectivity index (χ2v) is 8.39. The zero-order valence-corrected chi connectivity index (χ0v) is 19.0. The van der Waals surface area contributed by atoms with Gasteiger partial charge in [-0.1, -0.05) is 73.9 Å². The number of aromatic nitrogens is 2. The maximum atomic E-state index is 12.7. The van der Waals surface area contributed by atoms with Crippen molar-refractivity contribution >= 4 is 27.7 Å². The highest BCUT2D eigenvalue weighted by atomic mass is 16.5. The molecule has 0 bridgehead atoms. The van der Waals surface area contributed by atoms with Crippen molar-refractivity contribution < 1.29 is 14.7 Å². The summed E-state index contributed by atoms with van der Waals surface area (Å²) in [6, 6.07) is 19.7. The van der Waals surface area contributed by atoms with Gasteiger partial charge in [0.2, 0.25) is 5.91 Å². The topological polar surface area (TPSA) is 104 Å².